The van der Waals surface area contributed by atoms with Crippen LogP contribution in [0.15, 0.2) is 12.1 Å². The van der Waals surface area contributed by atoms with Gasteiger partial charge in [-0.05, 0) is 71.9 Å². The fourth-order valence-electron chi connectivity index (χ4n) is 3.80. The predicted octanol–water partition coefficient (Wildman–Crippen LogP) is 5.19. The van der Waals surface area contributed by atoms with Crippen molar-refractivity contribution in [2.24, 2.45) is 5.92 Å². The summed E-state index contributed by atoms with van der Waals surface area (Å²) in [6.07, 6.45) is 1.97. The molecule has 0 radical (unpaired) electrons. The lowest BCUT2D eigenvalue weighted by Crippen LogP contribution is -2.54. The number of amides is 2. The zero-order chi connectivity index (χ0) is 25.7. The van der Waals surface area contributed by atoms with Crippen molar-refractivity contribution in [3.63, 3.8) is 0 Å². The Morgan fingerprint density at radius 2 is 1.82 bits per heavy atom. The molecule has 0 spiro atoms. The normalized spacial score (nSPS) is 13.6. The summed E-state index contributed by atoms with van der Waals surface area (Å²) < 4.78 is 13.1. The third-order valence-electron chi connectivity index (χ3n) is 5.44. The summed E-state index contributed by atoms with van der Waals surface area (Å²) in [4.78, 5) is 25.7. The second-order valence-electron chi connectivity index (χ2n) is 10.8. The quantitative estimate of drug-likeness (QED) is 0.494. The van der Waals surface area contributed by atoms with Crippen molar-refractivity contribution < 1.29 is 19.1 Å². The maximum absolute atomic E-state index is 13.3. The van der Waals surface area contributed by atoms with Crippen LogP contribution in [0.25, 0.3) is 5.52 Å². The molecule has 2 amide bonds. The van der Waals surface area contributed by atoms with Gasteiger partial charge in [0.15, 0.2) is 0 Å². The Morgan fingerprint density at radius 3 is 2.41 bits per heavy atom. The van der Waals surface area contributed by atoms with Gasteiger partial charge in [0, 0.05) is 12.6 Å². The van der Waals surface area contributed by atoms with Crippen LogP contribution >= 0.6 is 0 Å². The summed E-state index contributed by atoms with van der Waals surface area (Å²) in [5.41, 5.74) is 1.57. The number of alkyl carbamates (subject to hydrolysis) is 1. The van der Waals surface area contributed by atoms with Crippen LogP contribution in [-0.4, -0.2) is 45.9 Å². The van der Waals surface area contributed by atoms with Crippen LogP contribution in [0.5, 0.6) is 5.88 Å². The number of carbonyl (C=O) groups excluding carboxylic acids is 2. The van der Waals surface area contributed by atoms with E-state index in [1.54, 1.807) is 4.52 Å². The lowest BCUT2D eigenvalue weighted by Gasteiger charge is -2.32. The SMILES string of the molecule is CCCC(C)(CNC(=O)c1c(C)nn2c(OCCC(C)C)cc(C)cc12)NC(=O)OC(C)(C)C. The topological polar surface area (TPSA) is 94.0 Å². The first kappa shape index (κ1) is 27.5. The molecule has 0 aromatic carbocycles. The minimum absolute atomic E-state index is 0.237. The van der Waals surface area contributed by atoms with Crippen molar-refractivity contribution in [3.8, 4) is 5.88 Å². The summed E-state index contributed by atoms with van der Waals surface area (Å²) in [5, 5.41) is 10.5. The zero-order valence-electron chi connectivity index (χ0n) is 22.3. The number of rotatable bonds is 10. The van der Waals surface area contributed by atoms with Crippen molar-refractivity contribution in [1.82, 2.24) is 20.2 Å². The van der Waals surface area contributed by atoms with E-state index in [1.165, 1.54) is 0 Å². The van der Waals surface area contributed by atoms with Crippen LogP contribution < -0.4 is 15.4 Å². The van der Waals surface area contributed by atoms with Gasteiger partial charge >= 0.3 is 6.09 Å². The summed E-state index contributed by atoms with van der Waals surface area (Å²) in [7, 11) is 0. The molecule has 34 heavy (non-hydrogen) atoms. The smallest absolute Gasteiger partial charge is 0.408 e. The molecule has 190 valence electrons. The highest BCUT2D eigenvalue weighted by Gasteiger charge is 2.30. The third-order valence-corrected chi connectivity index (χ3v) is 5.44. The molecule has 0 aliphatic rings. The van der Waals surface area contributed by atoms with Gasteiger partial charge in [0.2, 0.25) is 5.88 Å². The average Bonchev–Trinajstić information content (AvgIpc) is 3.00. The van der Waals surface area contributed by atoms with E-state index in [2.05, 4.69) is 29.6 Å². The first-order valence-electron chi connectivity index (χ1n) is 12.2. The van der Waals surface area contributed by atoms with E-state index in [0.717, 1.165) is 18.4 Å². The second kappa shape index (κ2) is 11.1. The third kappa shape index (κ3) is 7.64. The number of hydrogen-bond donors (Lipinski definition) is 2. The van der Waals surface area contributed by atoms with Gasteiger partial charge < -0.3 is 20.1 Å². The summed E-state index contributed by atoms with van der Waals surface area (Å²) >= 11 is 0. The van der Waals surface area contributed by atoms with Crippen LogP contribution in [0.4, 0.5) is 4.79 Å². The molecule has 0 aliphatic carbocycles. The lowest BCUT2D eigenvalue weighted by molar-refractivity contribution is 0.0453. The highest BCUT2D eigenvalue weighted by Crippen LogP contribution is 2.24. The first-order chi connectivity index (χ1) is 15.7. The molecule has 2 heterocycles. The molecule has 8 heteroatoms. The lowest BCUT2D eigenvalue weighted by atomic mass is 9.96. The molecular weight excluding hydrogens is 432 g/mol. The molecule has 0 fully saturated rings. The van der Waals surface area contributed by atoms with Crippen molar-refractivity contribution in [2.45, 2.75) is 92.7 Å². The molecule has 0 bridgehead atoms. The zero-order valence-corrected chi connectivity index (χ0v) is 22.3. The van der Waals surface area contributed by atoms with Crippen LogP contribution in [0.2, 0.25) is 0 Å². The van der Waals surface area contributed by atoms with Crippen LogP contribution in [-0.2, 0) is 4.74 Å². The van der Waals surface area contributed by atoms with Crippen LogP contribution in [0.3, 0.4) is 0 Å². The number of fused-ring (bicyclic) bond motifs is 1. The van der Waals surface area contributed by atoms with Gasteiger partial charge in [-0.1, -0.05) is 27.2 Å². The van der Waals surface area contributed by atoms with Crippen molar-refractivity contribution in [1.29, 1.82) is 0 Å². The number of ether oxygens (including phenoxy) is 2. The number of nitrogens with one attached hydrogen (secondary N) is 2. The van der Waals surface area contributed by atoms with Gasteiger partial charge in [0.1, 0.15) is 5.60 Å². The van der Waals surface area contributed by atoms with Gasteiger partial charge in [-0.15, -0.1) is 0 Å². The van der Waals surface area contributed by atoms with E-state index in [1.807, 2.05) is 60.6 Å². The van der Waals surface area contributed by atoms with Crippen molar-refractivity contribution in [3.05, 3.63) is 29.0 Å². The number of aromatic nitrogens is 2. The molecule has 2 N–H and O–H groups in total. The maximum atomic E-state index is 13.3. The number of carbonyl (C=O) groups is 2. The molecule has 2 rings (SSSR count). The molecule has 1 atom stereocenters. The Kier molecular flexibility index (Phi) is 8.97. The standard InChI is InChI=1S/C26H42N4O4/c1-10-12-26(9,28-24(32)34-25(6,7)8)16-27-23(31)22-19(5)29-30-20(22)14-18(4)15-21(30)33-13-11-17(2)3/h14-15,17H,10-13,16H2,1-9H3,(H,27,31)(H,28,32). The van der Waals surface area contributed by atoms with Gasteiger partial charge in [-0.2, -0.15) is 9.61 Å². The molecule has 0 saturated carbocycles. The Bertz CT molecular complexity index is 1010. The Labute approximate surface area is 203 Å². The average molecular weight is 475 g/mol. The van der Waals surface area contributed by atoms with Gasteiger partial charge in [0.05, 0.1) is 28.9 Å². The minimum Gasteiger partial charge on any atom is -0.478 e. The Hall–Kier alpha value is -2.77. The largest absolute Gasteiger partial charge is 0.478 e. The van der Waals surface area contributed by atoms with Gasteiger partial charge in [-0.25, -0.2) is 4.79 Å². The van der Waals surface area contributed by atoms with Crippen LogP contribution in [0.1, 0.15) is 89.3 Å². The first-order valence-corrected chi connectivity index (χ1v) is 12.2. The minimum atomic E-state index is -0.648. The maximum Gasteiger partial charge on any atom is 0.408 e. The Morgan fingerprint density at radius 1 is 1.15 bits per heavy atom. The van der Waals surface area contributed by atoms with E-state index in [9.17, 15) is 9.59 Å². The Balaban J connectivity index is 2.23. The molecule has 2 aromatic heterocycles. The predicted molar refractivity (Wildman–Crippen MR) is 135 cm³/mol. The molecular formula is C26H42N4O4. The summed E-state index contributed by atoms with van der Waals surface area (Å²) in [6, 6.07) is 3.87. The molecule has 0 saturated heterocycles. The van der Waals surface area contributed by atoms with Gasteiger partial charge in [-0.3, -0.25) is 4.79 Å². The van der Waals surface area contributed by atoms with Crippen molar-refractivity contribution >= 4 is 17.5 Å². The van der Waals surface area contributed by atoms with Crippen molar-refractivity contribution in [2.75, 3.05) is 13.2 Å². The molecule has 1 unspecified atom stereocenters. The van der Waals surface area contributed by atoms with E-state index in [-0.39, 0.29) is 12.5 Å². The van der Waals surface area contributed by atoms with E-state index in [0.29, 0.717) is 41.6 Å². The fraction of sp³-hybridized carbons (Fsp3) is 0.654. The number of pyridine rings is 1. The summed E-state index contributed by atoms with van der Waals surface area (Å²) in [5.74, 6) is 0.924. The number of aryl methyl sites for hydroxylation is 2. The fourth-order valence-corrected chi connectivity index (χ4v) is 3.80. The van der Waals surface area contributed by atoms with E-state index < -0.39 is 17.2 Å². The molecule has 0 aliphatic heterocycles. The van der Waals surface area contributed by atoms with Gasteiger partial charge in [0.25, 0.3) is 5.91 Å². The highest BCUT2D eigenvalue weighted by atomic mass is 16.6. The highest BCUT2D eigenvalue weighted by molar-refractivity contribution is 6.02. The molecule has 2 aromatic rings. The van der Waals surface area contributed by atoms with E-state index in [4.69, 9.17) is 9.47 Å². The molecule has 8 nitrogen and oxygen atoms in total. The number of nitrogens with zero attached hydrogens (tertiary/aromatic N) is 2. The second-order valence-corrected chi connectivity index (χ2v) is 10.8. The monoisotopic (exact) mass is 474 g/mol. The number of hydrogen-bond acceptors (Lipinski definition) is 5. The summed E-state index contributed by atoms with van der Waals surface area (Å²) in [6.45, 7) is 18.4. The van der Waals surface area contributed by atoms with E-state index >= 15 is 0 Å². The van der Waals surface area contributed by atoms with Crippen LogP contribution in [0, 0.1) is 19.8 Å².